The van der Waals surface area contributed by atoms with Crippen LogP contribution in [0.25, 0.3) is 5.76 Å². The molecule has 1 amide bonds. The summed E-state index contributed by atoms with van der Waals surface area (Å²) in [5, 5.41) is 11.8. The maximum atomic E-state index is 13.3. The van der Waals surface area contributed by atoms with Crippen LogP contribution in [0, 0.1) is 13.8 Å². The van der Waals surface area contributed by atoms with Crippen molar-refractivity contribution >= 4 is 35.0 Å². The fraction of sp³-hybridized carbons (Fsp3) is 0.280. The van der Waals surface area contributed by atoms with Gasteiger partial charge in [-0.2, -0.15) is 0 Å². The van der Waals surface area contributed by atoms with Crippen LogP contribution >= 0.6 is 11.6 Å². The molecule has 3 aromatic rings. The fourth-order valence-electron chi connectivity index (χ4n) is 4.52. The second-order valence-corrected chi connectivity index (χ2v) is 8.75. The van der Waals surface area contributed by atoms with E-state index in [9.17, 15) is 19.5 Å². The van der Waals surface area contributed by atoms with Crippen LogP contribution in [-0.2, 0) is 20.9 Å². The second kappa shape index (κ2) is 9.79. The molecule has 182 valence electrons. The Hall–Kier alpha value is -3.85. The number of hydrogen-bond donors (Lipinski definition) is 2. The number of nitrogens with one attached hydrogen (secondary N) is 1. The van der Waals surface area contributed by atoms with Crippen LogP contribution in [0.3, 0.4) is 0 Å². The fourth-order valence-corrected chi connectivity index (χ4v) is 4.72. The number of H-pyrrole nitrogens is 1. The van der Waals surface area contributed by atoms with Crippen LogP contribution < -0.4 is 0 Å². The summed E-state index contributed by atoms with van der Waals surface area (Å²) >= 11 is 6.23. The summed E-state index contributed by atoms with van der Waals surface area (Å²) in [6.07, 6.45) is 5.73. The highest BCUT2D eigenvalue weighted by atomic mass is 35.5. The van der Waals surface area contributed by atoms with Crippen LogP contribution in [0.5, 0.6) is 0 Å². The van der Waals surface area contributed by atoms with Gasteiger partial charge in [0.2, 0.25) is 0 Å². The van der Waals surface area contributed by atoms with E-state index in [0.717, 1.165) is 0 Å². The Morgan fingerprint density at radius 2 is 2.03 bits per heavy atom. The first-order valence-corrected chi connectivity index (χ1v) is 11.4. The highest BCUT2D eigenvalue weighted by Gasteiger charge is 2.46. The lowest BCUT2D eigenvalue weighted by molar-refractivity contribution is -0.139. The van der Waals surface area contributed by atoms with E-state index in [4.69, 9.17) is 16.3 Å². The minimum Gasteiger partial charge on any atom is -0.507 e. The molecule has 0 unspecified atom stereocenters. The number of aromatic nitrogens is 3. The van der Waals surface area contributed by atoms with Gasteiger partial charge in [0.05, 0.1) is 25.1 Å². The van der Waals surface area contributed by atoms with Crippen molar-refractivity contribution in [1.29, 1.82) is 0 Å². The molecule has 1 aliphatic heterocycles. The quantitative estimate of drug-likeness (QED) is 0.222. The number of imidazole rings is 1. The molecule has 35 heavy (non-hydrogen) atoms. The third-order valence-electron chi connectivity index (χ3n) is 6.14. The van der Waals surface area contributed by atoms with Crippen molar-refractivity contribution in [3.63, 3.8) is 0 Å². The molecule has 1 aliphatic rings. The number of benzene rings is 1. The SMILES string of the molecule is COC(=O)c1[nH]c(C)c(/C(O)=C2\C(=O)C(=O)N(CCCn3ccnc3)[C@@H]2c2cccc(Cl)c2)c1C. The van der Waals surface area contributed by atoms with Crippen molar-refractivity contribution in [2.75, 3.05) is 13.7 Å². The van der Waals surface area contributed by atoms with Crippen LogP contribution in [0.15, 0.2) is 48.6 Å². The predicted molar refractivity (Wildman–Crippen MR) is 129 cm³/mol. The van der Waals surface area contributed by atoms with Gasteiger partial charge in [0.15, 0.2) is 0 Å². The number of carbonyl (C=O) groups excluding carboxylic acids is 3. The van der Waals surface area contributed by atoms with Gasteiger partial charge in [-0.15, -0.1) is 0 Å². The molecule has 1 fully saturated rings. The van der Waals surface area contributed by atoms with E-state index < -0.39 is 23.7 Å². The van der Waals surface area contributed by atoms with Gasteiger partial charge in [0.1, 0.15) is 11.5 Å². The second-order valence-electron chi connectivity index (χ2n) is 8.32. The molecule has 0 aliphatic carbocycles. The number of methoxy groups -OCH3 is 1. The minimum atomic E-state index is -0.841. The molecule has 10 heteroatoms. The molecule has 1 saturated heterocycles. The highest BCUT2D eigenvalue weighted by Crippen LogP contribution is 2.41. The van der Waals surface area contributed by atoms with Gasteiger partial charge in [0.25, 0.3) is 11.7 Å². The number of carbonyl (C=O) groups is 3. The number of esters is 1. The van der Waals surface area contributed by atoms with Crippen molar-refractivity contribution in [1.82, 2.24) is 19.4 Å². The Morgan fingerprint density at radius 1 is 1.26 bits per heavy atom. The molecular formula is C25H25ClN4O5. The van der Waals surface area contributed by atoms with E-state index in [0.29, 0.717) is 34.8 Å². The summed E-state index contributed by atoms with van der Waals surface area (Å²) in [7, 11) is 1.26. The summed E-state index contributed by atoms with van der Waals surface area (Å²) in [6, 6.07) is 6.01. The summed E-state index contributed by atoms with van der Waals surface area (Å²) in [4.78, 5) is 46.9. The molecule has 1 atom stereocenters. The average Bonchev–Trinajstić information content (AvgIpc) is 3.52. The largest absolute Gasteiger partial charge is 0.507 e. The number of aliphatic hydroxyl groups is 1. The number of hydrogen-bond acceptors (Lipinski definition) is 6. The third kappa shape index (κ3) is 4.46. The predicted octanol–water partition coefficient (Wildman–Crippen LogP) is 3.78. The van der Waals surface area contributed by atoms with Crippen molar-refractivity contribution < 1.29 is 24.2 Å². The number of halogens is 1. The van der Waals surface area contributed by atoms with Crippen LogP contribution in [0.2, 0.25) is 5.02 Å². The van der Waals surface area contributed by atoms with Gasteiger partial charge >= 0.3 is 5.97 Å². The average molecular weight is 497 g/mol. The van der Waals surface area contributed by atoms with Gasteiger partial charge < -0.3 is 24.3 Å². The summed E-state index contributed by atoms with van der Waals surface area (Å²) in [6.45, 7) is 4.18. The van der Waals surface area contributed by atoms with Gasteiger partial charge in [-0.25, -0.2) is 9.78 Å². The molecule has 2 N–H and O–H groups in total. The third-order valence-corrected chi connectivity index (χ3v) is 6.38. The van der Waals surface area contributed by atoms with Gasteiger partial charge in [-0.05, 0) is 43.5 Å². The summed E-state index contributed by atoms with van der Waals surface area (Å²) < 4.78 is 6.69. The highest BCUT2D eigenvalue weighted by molar-refractivity contribution is 6.46. The molecule has 2 aromatic heterocycles. The number of nitrogens with zero attached hydrogens (tertiary/aromatic N) is 3. The van der Waals surface area contributed by atoms with Crippen molar-refractivity contribution in [2.45, 2.75) is 32.9 Å². The van der Waals surface area contributed by atoms with E-state index in [2.05, 4.69) is 9.97 Å². The van der Waals surface area contributed by atoms with Crippen molar-refractivity contribution in [2.24, 2.45) is 0 Å². The Balaban J connectivity index is 1.80. The number of rotatable bonds is 7. The first kappa shape index (κ1) is 24.3. The first-order chi connectivity index (χ1) is 16.7. The lowest BCUT2D eigenvalue weighted by atomic mass is 9.94. The molecule has 9 nitrogen and oxygen atoms in total. The maximum Gasteiger partial charge on any atom is 0.354 e. The lowest BCUT2D eigenvalue weighted by Gasteiger charge is -2.25. The number of Topliss-reactive ketones (excluding diaryl/α,β-unsaturated/α-hetero) is 1. The standard InChI is InChI=1S/C25H25ClN4O5/c1-14-18(15(2)28-20(14)25(34)35-3)22(31)19-21(16-6-4-7-17(26)12-16)30(24(33)23(19)32)10-5-9-29-11-8-27-13-29/h4,6-8,11-13,21,28,31H,5,9-10H2,1-3H3/b22-19+/t21-/m1/s1. The van der Waals surface area contributed by atoms with Crippen LogP contribution in [0.1, 0.15) is 45.3 Å². The van der Waals surface area contributed by atoms with Gasteiger partial charge in [0, 0.05) is 41.8 Å². The maximum absolute atomic E-state index is 13.3. The monoisotopic (exact) mass is 496 g/mol. The molecule has 4 rings (SSSR count). The Labute approximate surface area is 207 Å². The first-order valence-electron chi connectivity index (χ1n) is 11.0. The number of ether oxygens (including phenoxy) is 1. The summed E-state index contributed by atoms with van der Waals surface area (Å²) in [5.41, 5.74) is 1.88. The number of aryl methyl sites for hydroxylation is 2. The van der Waals surface area contributed by atoms with E-state index in [-0.39, 0.29) is 29.1 Å². The van der Waals surface area contributed by atoms with E-state index in [1.165, 1.54) is 12.0 Å². The van der Waals surface area contributed by atoms with Gasteiger partial charge in [-0.3, -0.25) is 9.59 Å². The number of amides is 1. The van der Waals surface area contributed by atoms with E-state index in [1.54, 1.807) is 50.6 Å². The minimum absolute atomic E-state index is 0.0542. The van der Waals surface area contributed by atoms with Crippen LogP contribution in [-0.4, -0.2) is 55.9 Å². The Morgan fingerprint density at radius 3 is 2.69 bits per heavy atom. The zero-order chi connectivity index (χ0) is 25.3. The number of likely N-dealkylation sites (tertiary alicyclic amines) is 1. The molecule has 0 radical (unpaired) electrons. The molecular weight excluding hydrogens is 472 g/mol. The number of ketones is 1. The van der Waals surface area contributed by atoms with E-state index in [1.807, 2.05) is 10.8 Å². The zero-order valence-electron chi connectivity index (χ0n) is 19.5. The molecule has 0 bridgehead atoms. The van der Waals surface area contributed by atoms with Crippen molar-refractivity contribution in [3.8, 4) is 0 Å². The lowest BCUT2D eigenvalue weighted by Crippen LogP contribution is -2.31. The Kier molecular flexibility index (Phi) is 6.79. The molecule has 0 spiro atoms. The summed E-state index contributed by atoms with van der Waals surface area (Å²) in [5.74, 6) is -2.46. The normalized spacial score (nSPS) is 17.3. The number of aliphatic hydroxyl groups excluding tert-OH is 1. The Bertz CT molecular complexity index is 1330. The van der Waals surface area contributed by atoms with E-state index >= 15 is 0 Å². The molecule has 0 saturated carbocycles. The van der Waals surface area contributed by atoms with Gasteiger partial charge in [-0.1, -0.05) is 23.7 Å². The van der Waals surface area contributed by atoms with Crippen LogP contribution in [0.4, 0.5) is 0 Å². The molecule has 1 aromatic carbocycles. The number of aromatic amines is 1. The zero-order valence-corrected chi connectivity index (χ0v) is 20.3. The van der Waals surface area contributed by atoms with Crippen molar-refractivity contribution in [3.05, 3.63) is 81.7 Å². The molecule has 3 heterocycles. The topological polar surface area (TPSA) is 118 Å². The smallest absolute Gasteiger partial charge is 0.354 e.